The van der Waals surface area contributed by atoms with Gasteiger partial charge >= 0.3 is 0 Å². The second kappa shape index (κ2) is 3.71. The van der Waals surface area contributed by atoms with Crippen molar-refractivity contribution in [2.75, 3.05) is 0 Å². The van der Waals surface area contributed by atoms with Gasteiger partial charge in [-0.05, 0) is 35.9 Å². The number of benzene rings is 1. The molecule has 3 unspecified atom stereocenters. The van der Waals surface area contributed by atoms with E-state index in [9.17, 15) is 20.1 Å². The van der Waals surface area contributed by atoms with Crippen LogP contribution in [-0.4, -0.2) is 21.1 Å². The fraction of sp³-hybridized carbons (Fsp3) is 0.214. The lowest BCUT2D eigenvalue weighted by atomic mass is 9.71. The van der Waals surface area contributed by atoms with E-state index in [-0.39, 0.29) is 23.2 Å². The van der Waals surface area contributed by atoms with Crippen LogP contribution in [0.1, 0.15) is 22.0 Å². The van der Waals surface area contributed by atoms with Gasteiger partial charge in [-0.3, -0.25) is 4.79 Å². The van der Waals surface area contributed by atoms with Crippen LogP contribution in [0, 0.1) is 11.8 Å². The lowest BCUT2D eigenvalue weighted by molar-refractivity contribution is 0.0677. The Balaban J connectivity index is 2.16. The fourth-order valence-electron chi connectivity index (χ4n) is 2.64. The molecule has 4 nitrogen and oxygen atoms in total. The molecule has 3 rings (SSSR count). The number of carbonyl (C=O) groups is 1. The van der Waals surface area contributed by atoms with E-state index in [1.54, 1.807) is 6.08 Å². The summed E-state index contributed by atoms with van der Waals surface area (Å²) < 4.78 is 0. The van der Waals surface area contributed by atoms with Gasteiger partial charge < -0.3 is 15.3 Å². The summed E-state index contributed by atoms with van der Waals surface area (Å²) in [5.41, 5.74) is 0.849. The maximum Gasteiger partial charge on any atom is 0.170 e. The van der Waals surface area contributed by atoms with Crippen molar-refractivity contribution in [1.82, 2.24) is 0 Å². The molecule has 0 bridgehead atoms. The first-order valence-electron chi connectivity index (χ1n) is 5.72. The Bertz CT molecular complexity index is 585. The van der Waals surface area contributed by atoms with Gasteiger partial charge in [0, 0.05) is 11.5 Å². The zero-order valence-corrected chi connectivity index (χ0v) is 9.45. The average Bonchev–Trinajstić information content (AvgIpc) is 2.36. The van der Waals surface area contributed by atoms with Crippen LogP contribution in [0.25, 0.3) is 0 Å². The Kier molecular flexibility index (Phi) is 2.28. The summed E-state index contributed by atoms with van der Waals surface area (Å²) in [6.45, 7) is 0. The third-order valence-electron chi connectivity index (χ3n) is 3.54. The minimum absolute atomic E-state index is 0.0252. The zero-order chi connectivity index (χ0) is 12.9. The summed E-state index contributed by atoms with van der Waals surface area (Å²) in [5, 5.41) is 29.1. The molecule has 0 spiro atoms. The molecular formula is C14H12O4. The number of hydrogen-bond donors (Lipinski definition) is 3. The highest BCUT2D eigenvalue weighted by atomic mass is 16.3. The molecule has 0 fully saturated rings. The smallest absolute Gasteiger partial charge is 0.170 e. The number of ketones is 1. The molecule has 4 heteroatoms. The second-order valence-electron chi connectivity index (χ2n) is 4.63. The summed E-state index contributed by atoms with van der Waals surface area (Å²) in [6.07, 6.45) is 3.72. The number of phenolic OH excluding ortho intramolecular Hbond substituents is 1. The van der Waals surface area contributed by atoms with E-state index in [0.717, 1.165) is 0 Å². The van der Waals surface area contributed by atoms with Gasteiger partial charge in [-0.2, -0.15) is 0 Å². The number of allylic oxidation sites excluding steroid dienone is 2. The minimum atomic E-state index is -0.851. The lowest BCUT2D eigenvalue weighted by Gasteiger charge is -2.34. The summed E-state index contributed by atoms with van der Waals surface area (Å²) in [5.74, 6) is -1.00. The summed E-state index contributed by atoms with van der Waals surface area (Å²) in [7, 11) is 0. The molecule has 3 N–H and O–H groups in total. The molecule has 2 aliphatic carbocycles. The summed E-state index contributed by atoms with van der Waals surface area (Å²) >= 11 is 0. The molecule has 92 valence electrons. The van der Waals surface area contributed by atoms with Gasteiger partial charge in [0.1, 0.15) is 11.5 Å². The van der Waals surface area contributed by atoms with Crippen LogP contribution < -0.4 is 0 Å². The van der Waals surface area contributed by atoms with Gasteiger partial charge in [0.05, 0.1) is 12.0 Å². The van der Waals surface area contributed by atoms with Crippen LogP contribution in [0.4, 0.5) is 0 Å². The van der Waals surface area contributed by atoms with Gasteiger partial charge in [-0.25, -0.2) is 0 Å². The number of fused-ring (bicyclic) bond motifs is 2. The predicted octanol–water partition coefficient (Wildman–Crippen LogP) is 1.87. The quantitative estimate of drug-likeness (QED) is 0.651. The molecular weight excluding hydrogens is 232 g/mol. The number of aliphatic hydroxyl groups is 2. The van der Waals surface area contributed by atoms with E-state index in [1.807, 2.05) is 0 Å². The maximum atomic E-state index is 12.3. The van der Waals surface area contributed by atoms with Crippen LogP contribution in [0.5, 0.6) is 5.75 Å². The highest BCUT2D eigenvalue weighted by molar-refractivity contribution is 6.02. The molecule has 3 atom stereocenters. The summed E-state index contributed by atoms with van der Waals surface area (Å²) in [4.78, 5) is 12.3. The van der Waals surface area contributed by atoms with E-state index in [4.69, 9.17) is 0 Å². The SMILES string of the molecule is O=C1c2ccc(O)cc2C(O)C2C=CC(O)=CC12. The van der Waals surface area contributed by atoms with Crippen LogP contribution in [-0.2, 0) is 0 Å². The lowest BCUT2D eigenvalue weighted by Crippen LogP contribution is -2.34. The Morgan fingerprint density at radius 3 is 2.72 bits per heavy atom. The van der Waals surface area contributed by atoms with Crippen LogP contribution >= 0.6 is 0 Å². The normalized spacial score (nSPS) is 29.5. The van der Waals surface area contributed by atoms with Gasteiger partial charge in [0.25, 0.3) is 0 Å². The van der Waals surface area contributed by atoms with Crippen LogP contribution in [0.3, 0.4) is 0 Å². The molecule has 1 aromatic carbocycles. The average molecular weight is 244 g/mol. The third-order valence-corrected chi connectivity index (χ3v) is 3.54. The molecule has 0 aromatic heterocycles. The third kappa shape index (κ3) is 1.46. The first-order chi connectivity index (χ1) is 8.58. The van der Waals surface area contributed by atoms with Crippen molar-refractivity contribution in [1.29, 1.82) is 0 Å². The topological polar surface area (TPSA) is 77.8 Å². The Morgan fingerprint density at radius 2 is 1.94 bits per heavy atom. The molecule has 0 amide bonds. The first kappa shape index (κ1) is 11.0. The number of rotatable bonds is 0. The zero-order valence-electron chi connectivity index (χ0n) is 9.45. The number of Topliss-reactive ketones (excluding diaryl/α,β-unsaturated/α-hetero) is 1. The highest BCUT2D eigenvalue weighted by Crippen LogP contribution is 2.42. The molecule has 18 heavy (non-hydrogen) atoms. The molecule has 0 saturated carbocycles. The molecule has 0 aliphatic heterocycles. The van der Waals surface area contributed by atoms with Crippen LogP contribution in [0.2, 0.25) is 0 Å². The van der Waals surface area contributed by atoms with Crippen molar-refractivity contribution < 1.29 is 20.1 Å². The Hall–Kier alpha value is -2.07. The van der Waals surface area contributed by atoms with E-state index >= 15 is 0 Å². The summed E-state index contributed by atoms with van der Waals surface area (Å²) in [6, 6.07) is 4.35. The van der Waals surface area contributed by atoms with Crippen molar-refractivity contribution in [3.63, 3.8) is 0 Å². The van der Waals surface area contributed by atoms with Gasteiger partial charge in [-0.15, -0.1) is 0 Å². The van der Waals surface area contributed by atoms with E-state index in [0.29, 0.717) is 11.1 Å². The molecule has 0 saturated heterocycles. The van der Waals surface area contributed by atoms with E-state index in [2.05, 4.69) is 0 Å². The molecule has 0 radical (unpaired) electrons. The van der Waals surface area contributed by atoms with Crippen molar-refractivity contribution in [2.45, 2.75) is 6.10 Å². The number of aliphatic hydroxyl groups excluding tert-OH is 2. The van der Waals surface area contributed by atoms with Crippen molar-refractivity contribution in [2.24, 2.45) is 11.8 Å². The Labute approximate surface area is 104 Å². The number of hydrogen-bond acceptors (Lipinski definition) is 4. The number of phenols is 1. The molecule has 2 aliphatic rings. The van der Waals surface area contributed by atoms with Crippen molar-refractivity contribution in [3.8, 4) is 5.75 Å². The predicted molar refractivity (Wildman–Crippen MR) is 64.2 cm³/mol. The fourth-order valence-corrected chi connectivity index (χ4v) is 2.64. The van der Waals surface area contributed by atoms with E-state index < -0.39 is 12.0 Å². The van der Waals surface area contributed by atoms with Crippen LogP contribution in [0.15, 0.2) is 42.2 Å². The molecule has 1 aromatic rings. The second-order valence-corrected chi connectivity index (χ2v) is 4.63. The Morgan fingerprint density at radius 1 is 1.17 bits per heavy atom. The number of carbonyl (C=O) groups excluding carboxylic acids is 1. The highest BCUT2D eigenvalue weighted by Gasteiger charge is 2.40. The van der Waals surface area contributed by atoms with Gasteiger partial charge in [0.15, 0.2) is 5.78 Å². The van der Waals surface area contributed by atoms with E-state index in [1.165, 1.54) is 30.4 Å². The maximum absolute atomic E-state index is 12.3. The van der Waals surface area contributed by atoms with Gasteiger partial charge in [-0.1, -0.05) is 6.08 Å². The van der Waals surface area contributed by atoms with Crippen molar-refractivity contribution >= 4 is 5.78 Å². The first-order valence-corrected chi connectivity index (χ1v) is 5.72. The minimum Gasteiger partial charge on any atom is -0.508 e. The molecule has 0 heterocycles. The van der Waals surface area contributed by atoms with Gasteiger partial charge in [0.2, 0.25) is 0 Å². The standard InChI is InChI=1S/C14H12O4/c15-7-1-3-9-11(5-7)14(18)10-4-2-8(16)6-12(10)13(9)17/h1-6,9,11,13,15-17H. The monoisotopic (exact) mass is 244 g/mol. The van der Waals surface area contributed by atoms with Crippen molar-refractivity contribution in [3.05, 3.63) is 53.3 Å². The largest absolute Gasteiger partial charge is 0.508 e. The number of aromatic hydroxyl groups is 1.